The van der Waals surface area contributed by atoms with Crippen molar-refractivity contribution < 1.29 is 9.59 Å². The van der Waals surface area contributed by atoms with E-state index in [0.717, 1.165) is 12.8 Å². The first-order chi connectivity index (χ1) is 7.91. The minimum atomic E-state index is -0.827. The van der Waals surface area contributed by atoms with Crippen molar-refractivity contribution in [3.8, 4) is 0 Å². The molecule has 0 aromatic heterocycles. The molecule has 0 saturated heterocycles. The highest BCUT2D eigenvalue weighted by molar-refractivity contribution is 7.80. The fraction of sp³-hybridized carbons (Fsp3) is 0.700. The van der Waals surface area contributed by atoms with Crippen molar-refractivity contribution in [3.63, 3.8) is 0 Å². The summed E-state index contributed by atoms with van der Waals surface area (Å²) in [6, 6.07) is -0.839. The Hall–Kier alpha value is -1.21. The van der Waals surface area contributed by atoms with Gasteiger partial charge in [0.2, 0.25) is 5.91 Å². The molecular formula is C10H18N4O2S. The van der Waals surface area contributed by atoms with Crippen LogP contribution in [-0.4, -0.2) is 40.5 Å². The molecule has 5 N–H and O–H groups in total. The van der Waals surface area contributed by atoms with E-state index in [2.05, 4.69) is 5.32 Å². The number of rotatable bonds is 6. The predicted molar refractivity (Wildman–Crippen MR) is 68.3 cm³/mol. The number of amides is 3. The lowest BCUT2D eigenvalue weighted by Gasteiger charge is -2.27. The molecule has 0 radical (unpaired) electrons. The van der Waals surface area contributed by atoms with Crippen LogP contribution in [0.1, 0.15) is 26.2 Å². The summed E-state index contributed by atoms with van der Waals surface area (Å²) in [5.74, 6) is -0.382. The number of carbonyl (C=O) groups is 2. The maximum Gasteiger partial charge on any atom is 0.318 e. The third-order valence-electron chi connectivity index (χ3n) is 2.76. The standard InChI is InChI=1S/C10H18N4O2S/c1-6(9(15)13-10(12)16)14(7-2-3-7)5-4-8(11)17/h6-7H,2-5H2,1H3,(H2,11,17)(H3,12,13,15,16). The molecule has 0 aliphatic heterocycles. The summed E-state index contributed by atoms with van der Waals surface area (Å²) in [5, 5.41) is 2.09. The van der Waals surface area contributed by atoms with Gasteiger partial charge in [-0.25, -0.2) is 4.79 Å². The monoisotopic (exact) mass is 258 g/mol. The second-order valence-electron chi connectivity index (χ2n) is 4.21. The lowest BCUT2D eigenvalue weighted by Crippen LogP contribution is -2.49. The van der Waals surface area contributed by atoms with Crippen molar-refractivity contribution in [2.45, 2.75) is 38.3 Å². The molecule has 1 unspecified atom stereocenters. The normalized spacial score (nSPS) is 16.6. The Morgan fingerprint density at radius 2 is 2.06 bits per heavy atom. The number of nitrogens with zero attached hydrogens (tertiary/aromatic N) is 1. The number of nitrogens with two attached hydrogens (primary N) is 2. The summed E-state index contributed by atoms with van der Waals surface area (Å²) < 4.78 is 0. The van der Waals surface area contributed by atoms with Gasteiger partial charge in [-0.3, -0.25) is 15.0 Å². The Kier molecular flexibility index (Phi) is 4.83. The lowest BCUT2D eigenvalue weighted by molar-refractivity contribution is -0.124. The third-order valence-corrected chi connectivity index (χ3v) is 2.96. The summed E-state index contributed by atoms with van der Waals surface area (Å²) >= 11 is 4.82. The summed E-state index contributed by atoms with van der Waals surface area (Å²) in [5.41, 5.74) is 10.4. The first-order valence-corrected chi connectivity index (χ1v) is 5.97. The van der Waals surface area contributed by atoms with E-state index in [1.165, 1.54) is 0 Å². The van der Waals surface area contributed by atoms with Gasteiger partial charge in [0.1, 0.15) is 0 Å². The van der Waals surface area contributed by atoms with Crippen molar-refractivity contribution >= 4 is 29.1 Å². The van der Waals surface area contributed by atoms with Crippen molar-refractivity contribution in [3.05, 3.63) is 0 Å². The predicted octanol–water partition coefficient (Wildman–Crippen LogP) is -0.290. The number of nitrogens with one attached hydrogen (secondary N) is 1. The van der Waals surface area contributed by atoms with E-state index in [0.29, 0.717) is 24.0 Å². The van der Waals surface area contributed by atoms with Gasteiger partial charge >= 0.3 is 6.03 Å². The van der Waals surface area contributed by atoms with E-state index in [1.807, 2.05) is 4.90 Å². The van der Waals surface area contributed by atoms with Gasteiger partial charge in [-0.1, -0.05) is 12.2 Å². The molecule has 0 spiro atoms. The van der Waals surface area contributed by atoms with Gasteiger partial charge < -0.3 is 11.5 Å². The molecule has 1 aliphatic carbocycles. The van der Waals surface area contributed by atoms with Crippen LogP contribution in [0, 0.1) is 0 Å². The average Bonchev–Trinajstić information content (AvgIpc) is 3.00. The highest BCUT2D eigenvalue weighted by atomic mass is 32.1. The molecule has 1 rings (SSSR count). The van der Waals surface area contributed by atoms with E-state index in [9.17, 15) is 9.59 Å². The molecule has 0 heterocycles. The lowest BCUT2D eigenvalue weighted by atomic mass is 10.2. The average molecular weight is 258 g/mol. The Morgan fingerprint density at radius 3 is 2.47 bits per heavy atom. The number of hydrogen-bond donors (Lipinski definition) is 3. The van der Waals surface area contributed by atoms with Gasteiger partial charge in [0.05, 0.1) is 11.0 Å². The Morgan fingerprint density at radius 1 is 1.47 bits per heavy atom. The molecule has 0 aromatic rings. The topological polar surface area (TPSA) is 101 Å². The van der Waals surface area contributed by atoms with Crippen LogP contribution in [0.4, 0.5) is 4.79 Å². The summed E-state index contributed by atoms with van der Waals surface area (Å²) in [6.45, 7) is 2.38. The summed E-state index contributed by atoms with van der Waals surface area (Å²) in [6.07, 6.45) is 2.69. The molecule has 1 atom stereocenters. The van der Waals surface area contributed by atoms with Crippen LogP contribution in [0.15, 0.2) is 0 Å². The molecule has 7 heteroatoms. The molecule has 0 bridgehead atoms. The van der Waals surface area contributed by atoms with Crippen LogP contribution < -0.4 is 16.8 Å². The molecule has 96 valence electrons. The number of imide groups is 1. The van der Waals surface area contributed by atoms with E-state index < -0.39 is 12.1 Å². The smallest absolute Gasteiger partial charge is 0.318 e. The van der Waals surface area contributed by atoms with Crippen LogP contribution in [0.2, 0.25) is 0 Å². The highest BCUT2D eigenvalue weighted by Gasteiger charge is 2.34. The molecule has 1 aliphatic rings. The Bertz CT molecular complexity index is 330. The van der Waals surface area contributed by atoms with Gasteiger partial charge in [-0.15, -0.1) is 0 Å². The second kappa shape index (κ2) is 5.92. The largest absolute Gasteiger partial charge is 0.393 e. The van der Waals surface area contributed by atoms with Crippen molar-refractivity contribution in [2.24, 2.45) is 11.5 Å². The molecule has 6 nitrogen and oxygen atoms in total. The van der Waals surface area contributed by atoms with Crippen molar-refractivity contribution in [1.82, 2.24) is 10.2 Å². The first-order valence-electron chi connectivity index (χ1n) is 5.56. The quantitative estimate of drug-likeness (QED) is 0.568. The Labute approximate surface area is 106 Å². The van der Waals surface area contributed by atoms with E-state index in [1.54, 1.807) is 6.92 Å². The summed E-state index contributed by atoms with van der Waals surface area (Å²) in [7, 11) is 0. The summed E-state index contributed by atoms with van der Waals surface area (Å²) in [4.78, 5) is 24.7. The van der Waals surface area contributed by atoms with Crippen LogP contribution in [-0.2, 0) is 4.79 Å². The number of primary amides is 1. The van der Waals surface area contributed by atoms with Crippen LogP contribution in [0.25, 0.3) is 0 Å². The zero-order chi connectivity index (χ0) is 13.0. The molecule has 17 heavy (non-hydrogen) atoms. The van der Waals surface area contributed by atoms with E-state index >= 15 is 0 Å². The number of carbonyl (C=O) groups excluding carboxylic acids is 2. The fourth-order valence-corrected chi connectivity index (χ4v) is 1.81. The van der Waals surface area contributed by atoms with Gasteiger partial charge in [0, 0.05) is 19.0 Å². The van der Waals surface area contributed by atoms with Crippen LogP contribution in [0.3, 0.4) is 0 Å². The van der Waals surface area contributed by atoms with E-state index in [4.69, 9.17) is 23.7 Å². The van der Waals surface area contributed by atoms with Gasteiger partial charge in [-0.2, -0.15) is 0 Å². The maximum atomic E-state index is 11.7. The highest BCUT2D eigenvalue weighted by Crippen LogP contribution is 2.28. The maximum absolute atomic E-state index is 11.7. The van der Waals surface area contributed by atoms with Crippen molar-refractivity contribution in [1.29, 1.82) is 0 Å². The Balaban J connectivity index is 2.53. The zero-order valence-electron chi connectivity index (χ0n) is 9.81. The van der Waals surface area contributed by atoms with Gasteiger partial charge in [-0.05, 0) is 19.8 Å². The van der Waals surface area contributed by atoms with Crippen LogP contribution >= 0.6 is 12.2 Å². The fourth-order valence-electron chi connectivity index (χ4n) is 1.71. The second-order valence-corrected chi connectivity index (χ2v) is 4.74. The van der Waals surface area contributed by atoms with Crippen LogP contribution in [0.5, 0.6) is 0 Å². The molecule has 0 aromatic carbocycles. The third kappa shape index (κ3) is 4.66. The SMILES string of the molecule is CC(C(=O)NC(N)=O)N(CCC(N)=S)C1CC1. The van der Waals surface area contributed by atoms with Gasteiger partial charge in [0.15, 0.2) is 0 Å². The minimum Gasteiger partial charge on any atom is -0.393 e. The van der Waals surface area contributed by atoms with Gasteiger partial charge in [0.25, 0.3) is 0 Å². The van der Waals surface area contributed by atoms with E-state index in [-0.39, 0.29) is 5.91 Å². The molecule has 1 fully saturated rings. The molecular weight excluding hydrogens is 240 g/mol. The number of urea groups is 1. The molecule has 3 amide bonds. The van der Waals surface area contributed by atoms with Crippen molar-refractivity contribution in [2.75, 3.05) is 6.54 Å². The first kappa shape index (κ1) is 13.9. The number of thiocarbonyl (C=S) groups is 1. The number of hydrogen-bond acceptors (Lipinski definition) is 4. The zero-order valence-corrected chi connectivity index (χ0v) is 10.6. The molecule has 1 saturated carbocycles. The minimum absolute atomic E-state index is 0.382.